The summed E-state index contributed by atoms with van der Waals surface area (Å²) in [4.78, 5) is 11.3. The highest BCUT2D eigenvalue weighted by atomic mass is 32.2. The Kier molecular flexibility index (Phi) is 4.42. The molecular weight excluding hydrogens is 278 g/mol. The third kappa shape index (κ3) is 3.56. The first-order chi connectivity index (χ1) is 9.38. The second kappa shape index (κ2) is 5.90. The first kappa shape index (κ1) is 15.0. The predicted molar refractivity (Wildman–Crippen MR) is 75.4 cm³/mol. The molecule has 4 N–H and O–H groups in total. The molecule has 1 amide bonds. The van der Waals surface area contributed by atoms with E-state index in [1.54, 1.807) is 25.1 Å². The lowest BCUT2D eigenvalue weighted by atomic mass is 10.1. The van der Waals surface area contributed by atoms with Gasteiger partial charge < -0.3 is 11.1 Å². The SMILES string of the molecule is CC(N)c1cccc(S(=O)(=O)NC2CCC(=O)NC2)c1. The Morgan fingerprint density at radius 1 is 1.45 bits per heavy atom. The topological polar surface area (TPSA) is 101 Å². The fraction of sp³-hybridized carbons (Fsp3) is 0.462. The summed E-state index contributed by atoms with van der Waals surface area (Å²) >= 11 is 0. The monoisotopic (exact) mass is 297 g/mol. The van der Waals surface area contributed by atoms with Crippen LogP contribution >= 0.6 is 0 Å². The van der Waals surface area contributed by atoms with Crippen LogP contribution in [0.2, 0.25) is 0 Å². The molecule has 6 nitrogen and oxygen atoms in total. The van der Waals surface area contributed by atoms with Crippen molar-refractivity contribution in [2.24, 2.45) is 5.73 Å². The standard InChI is InChI=1S/C13H19N3O3S/c1-9(14)10-3-2-4-12(7-10)20(18,19)16-11-5-6-13(17)15-8-11/h2-4,7,9,11,16H,5-6,8,14H2,1H3,(H,15,17). The number of rotatable bonds is 4. The summed E-state index contributed by atoms with van der Waals surface area (Å²) in [7, 11) is -3.59. The maximum atomic E-state index is 12.3. The molecule has 0 aliphatic carbocycles. The molecule has 1 aliphatic heterocycles. The van der Waals surface area contributed by atoms with E-state index >= 15 is 0 Å². The molecule has 0 aromatic heterocycles. The van der Waals surface area contributed by atoms with E-state index in [1.807, 2.05) is 0 Å². The Hall–Kier alpha value is -1.44. The third-order valence-corrected chi connectivity index (χ3v) is 4.80. The Morgan fingerprint density at radius 2 is 2.20 bits per heavy atom. The second-order valence-corrected chi connectivity index (χ2v) is 6.74. The van der Waals surface area contributed by atoms with Crippen molar-refractivity contribution >= 4 is 15.9 Å². The first-order valence-electron chi connectivity index (χ1n) is 6.53. The number of benzene rings is 1. The van der Waals surface area contributed by atoms with Gasteiger partial charge >= 0.3 is 0 Å². The Bertz CT molecular complexity index is 589. The van der Waals surface area contributed by atoms with E-state index in [4.69, 9.17) is 5.73 Å². The van der Waals surface area contributed by atoms with Gasteiger partial charge in [-0.05, 0) is 31.0 Å². The van der Waals surface area contributed by atoms with Crippen LogP contribution in [0.5, 0.6) is 0 Å². The summed E-state index contributed by atoms with van der Waals surface area (Å²) in [6.45, 7) is 2.13. The van der Waals surface area contributed by atoms with Crippen LogP contribution in [0.25, 0.3) is 0 Å². The molecule has 1 fully saturated rings. The van der Waals surface area contributed by atoms with Gasteiger partial charge in [0.25, 0.3) is 0 Å². The molecule has 20 heavy (non-hydrogen) atoms. The van der Waals surface area contributed by atoms with Gasteiger partial charge in [0.1, 0.15) is 0 Å². The molecule has 0 bridgehead atoms. The molecule has 0 spiro atoms. The van der Waals surface area contributed by atoms with Crippen LogP contribution in [0, 0.1) is 0 Å². The van der Waals surface area contributed by atoms with E-state index in [1.165, 1.54) is 6.07 Å². The smallest absolute Gasteiger partial charge is 0.240 e. The fourth-order valence-electron chi connectivity index (χ4n) is 2.09. The Balaban J connectivity index is 2.14. The Labute approximate surface area is 118 Å². The number of nitrogens with two attached hydrogens (primary N) is 1. The molecule has 0 saturated carbocycles. The van der Waals surface area contributed by atoms with E-state index in [0.717, 1.165) is 5.56 Å². The number of piperidine rings is 1. The van der Waals surface area contributed by atoms with Gasteiger partial charge in [-0.1, -0.05) is 12.1 Å². The maximum absolute atomic E-state index is 12.3. The maximum Gasteiger partial charge on any atom is 0.240 e. The summed E-state index contributed by atoms with van der Waals surface area (Å²) in [6, 6.07) is 6.10. The quantitative estimate of drug-likeness (QED) is 0.742. The zero-order valence-corrected chi connectivity index (χ0v) is 12.1. The minimum atomic E-state index is -3.59. The third-order valence-electron chi connectivity index (χ3n) is 3.28. The number of carbonyl (C=O) groups excluding carboxylic acids is 1. The molecule has 7 heteroatoms. The molecule has 0 radical (unpaired) electrons. The van der Waals surface area contributed by atoms with Crippen LogP contribution < -0.4 is 15.8 Å². The first-order valence-corrected chi connectivity index (χ1v) is 8.01. The average Bonchev–Trinajstić information content (AvgIpc) is 2.41. The average molecular weight is 297 g/mol. The lowest BCUT2D eigenvalue weighted by Gasteiger charge is -2.23. The summed E-state index contributed by atoms with van der Waals surface area (Å²) in [6.07, 6.45) is 0.852. The molecular formula is C13H19N3O3S. The zero-order valence-electron chi connectivity index (χ0n) is 11.3. The van der Waals surface area contributed by atoms with Crippen LogP contribution in [-0.2, 0) is 14.8 Å². The highest BCUT2D eigenvalue weighted by molar-refractivity contribution is 7.89. The van der Waals surface area contributed by atoms with Crippen molar-refractivity contribution in [3.05, 3.63) is 29.8 Å². The highest BCUT2D eigenvalue weighted by Crippen LogP contribution is 2.17. The van der Waals surface area contributed by atoms with E-state index in [0.29, 0.717) is 19.4 Å². The van der Waals surface area contributed by atoms with Crippen molar-refractivity contribution in [1.29, 1.82) is 0 Å². The van der Waals surface area contributed by atoms with Crippen LogP contribution in [0.3, 0.4) is 0 Å². The van der Waals surface area contributed by atoms with Gasteiger partial charge in [-0.2, -0.15) is 0 Å². The molecule has 1 aromatic carbocycles. The van der Waals surface area contributed by atoms with Crippen molar-refractivity contribution < 1.29 is 13.2 Å². The van der Waals surface area contributed by atoms with Gasteiger partial charge in [0, 0.05) is 25.0 Å². The summed E-state index contributed by atoms with van der Waals surface area (Å²) < 4.78 is 27.2. The van der Waals surface area contributed by atoms with Gasteiger partial charge in [-0.15, -0.1) is 0 Å². The molecule has 2 atom stereocenters. The van der Waals surface area contributed by atoms with Gasteiger partial charge in [0.05, 0.1) is 4.90 Å². The highest BCUT2D eigenvalue weighted by Gasteiger charge is 2.24. The van der Waals surface area contributed by atoms with E-state index < -0.39 is 10.0 Å². The molecule has 2 rings (SSSR count). The minimum absolute atomic E-state index is 0.0422. The van der Waals surface area contributed by atoms with Crippen LogP contribution in [-0.4, -0.2) is 26.9 Å². The number of amides is 1. The van der Waals surface area contributed by atoms with Crippen molar-refractivity contribution in [2.75, 3.05) is 6.54 Å². The van der Waals surface area contributed by atoms with Gasteiger partial charge in [0.2, 0.25) is 15.9 Å². The van der Waals surface area contributed by atoms with Crippen LogP contribution in [0.4, 0.5) is 0 Å². The summed E-state index contributed by atoms with van der Waals surface area (Å²) in [5.74, 6) is -0.0422. The molecule has 1 saturated heterocycles. The van der Waals surface area contributed by atoms with Crippen LogP contribution in [0.1, 0.15) is 31.4 Å². The number of carbonyl (C=O) groups is 1. The zero-order chi connectivity index (χ0) is 14.8. The minimum Gasteiger partial charge on any atom is -0.355 e. The molecule has 1 aliphatic rings. The second-order valence-electron chi connectivity index (χ2n) is 5.02. The number of hydrogen-bond donors (Lipinski definition) is 3. The molecule has 1 heterocycles. The lowest BCUT2D eigenvalue weighted by molar-refractivity contribution is -0.122. The molecule has 110 valence electrons. The van der Waals surface area contributed by atoms with Gasteiger partial charge in [-0.3, -0.25) is 4.79 Å². The lowest BCUT2D eigenvalue weighted by Crippen LogP contribution is -2.47. The van der Waals surface area contributed by atoms with Gasteiger partial charge in [0.15, 0.2) is 0 Å². The number of sulfonamides is 1. The van der Waals surface area contributed by atoms with Crippen LogP contribution in [0.15, 0.2) is 29.2 Å². The fourth-order valence-corrected chi connectivity index (χ4v) is 3.41. The predicted octanol–water partition coefficient (Wildman–Crippen LogP) is 0.263. The largest absolute Gasteiger partial charge is 0.355 e. The molecule has 1 aromatic rings. The van der Waals surface area contributed by atoms with E-state index in [2.05, 4.69) is 10.0 Å². The summed E-state index contributed by atoms with van der Waals surface area (Å²) in [5, 5.41) is 2.65. The van der Waals surface area contributed by atoms with E-state index in [9.17, 15) is 13.2 Å². The Morgan fingerprint density at radius 3 is 2.80 bits per heavy atom. The van der Waals surface area contributed by atoms with E-state index in [-0.39, 0.29) is 22.9 Å². The normalized spacial score (nSPS) is 21.3. The number of hydrogen-bond acceptors (Lipinski definition) is 4. The van der Waals surface area contributed by atoms with Gasteiger partial charge in [-0.25, -0.2) is 13.1 Å². The van der Waals surface area contributed by atoms with Crippen molar-refractivity contribution in [1.82, 2.24) is 10.0 Å². The summed E-state index contributed by atoms with van der Waals surface area (Å²) in [5.41, 5.74) is 6.53. The molecule has 2 unspecified atom stereocenters. The van der Waals surface area contributed by atoms with Crippen molar-refractivity contribution in [3.8, 4) is 0 Å². The van der Waals surface area contributed by atoms with Crippen molar-refractivity contribution in [3.63, 3.8) is 0 Å². The number of nitrogens with one attached hydrogen (secondary N) is 2. The van der Waals surface area contributed by atoms with Crippen molar-refractivity contribution in [2.45, 2.75) is 36.7 Å².